The Balaban J connectivity index is 2.55. The van der Waals surface area contributed by atoms with Crippen LogP contribution in [-0.2, 0) is 10.0 Å². The second-order valence-electron chi connectivity index (χ2n) is 3.35. The minimum Gasteiger partial charge on any atom is -0.284 e. The van der Waals surface area contributed by atoms with Gasteiger partial charge in [-0.3, -0.25) is 4.72 Å². The molecule has 0 saturated heterocycles. The number of sulfonamides is 1. The molecule has 0 bridgehead atoms. The van der Waals surface area contributed by atoms with Gasteiger partial charge in [0.1, 0.15) is 0 Å². The van der Waals surface area contributed by atoms with E-state index in [0.717, 1.165) is 0 Å². The Labute approximate surface area is 89.2 Å². The first-order valence-electron chi connectivity index (χ1n) is 4.56. The molecule has 1 aromatic rings. The zero-order chi connectivity index (χ0) is 10.9. The topological polar surface area (TPSA) is 46.2 Å². The molecule has 1 aliphatic heterocycles. The summed E-state index contributed by atoms with van der Waals surface area (Å²) in [6.07, 6.45) is 3.37. The zero-order valence-electron chi connectivity index (χ0n) is 8.27. The molecule has 1 aromatic carbocycles. The summed E-state index contributed by atoms with van der Waals surface area (Å²) < 4.78 is 26.0. The summed E-state index contributed by atoms with van der Waals surface area (Å²) in [4.78, 5) is 0.314. The highest BCUT2D eigenvalue weighted by molar-refractivity contribution is 7.99. The van der Waals surface area contributed by atoms with Crippen LogP contribution in [0.3, 0.4) is 0 Å². The van der Waals surface area contributed by atoms with E-state index in [2.05, 4.69) is 4.72 Å². The molecule has 1 N–H and O–H groups in total. The second-order valence-corrected chi connectivity index (χ2v) is 5.00. The van der Waals surface area contributed by atoms with Gasteiger partial charge in [-0.1, -0.05) is 30.3 Å². The molecule has 0 unspecified atom stereocenters. The molecule has 1 heterocycles. The van der Waals surface area contributed by atoms with Crippen molar-refractivity contribution in [3.05, 3.63) is 53.7 Å². The van der Waals surface area contributed by atoms with E-state index in [0.29, 0.717) is 16.2 Å². The minimum absolute atomic E-state index is 0.314. The monoisotopic (exact) mass is 221 g/mol. The van der Waals surface area contributed by atoms with Gasteiger partial charge in [0.05, 0.1) is 4.91 Å². The molecule has 0 saturated carbocycles. The number of allylic oxidation sites excluding steroid dienone is 3. The van der Waals surface area contributed by atoms with Crippen LogP contribution < -0.4 is 4.72 Å². The Kier molecular flexibility index (Phi) is 2.36. The normalized spacial score (nSPS) is 18.7. The molecule has 0 fully saturated rings. The van der Waals surface area contributed by atoms with E-state index in [9.17, 15) is 8.42 Å². The third-order valence-corrected chi connectivity index (χ3v) is 3.67. The van der Waals surface area contributed by atoms with Gasteiger partial charge in [-0.15, -0.1) is 0 Å². The van der Waals surface area contributed by atoms with Crippen molar-refractivity contribution in [2.75, 3.05) is 0 Å². The van der Waals surface area contributed by atoms with Crippen molar-refractivity contribution < 1.29 is 8.42 Å². The highest BCUT2D eigenvalue weighted by atomic mass is 32.2. The van der Waals surface area contributed by atoms with Gasteiger partial charge in [0.25, 0.3) is 10.0 Å². The van der Waals surface area contributed by atoms with E-state index in [1.54, 1.807) is 31.2 Å². The van der Waals surface area contributed by atoms with E-state index in [4.69, 9.17) is 0 Å². The molecule has 78 valence electrons. The second kappa shape index (κ2) is 3.55. The van der Waals surface area contributed by atoms with Crippen LogP contribution in [0.15, 0.2) is 48.2 Å². The van der Waals surface area contributed by atoms with Crippen molar-refractivity contribution in [3.63, 3.8) is 0 Å². The predicted molar refractivity (Wildman–Crippen MR) is 60.2 cm³/mol. The summed E-state index contributed by atoms with van der Waals surface area (Å²) in [6.45, 7) is 1.72. The van der Waals surface area contributed by atoms with Crippen LogP contribution in [0.25, 0.3) is 4.91 Å². The molecular weight excluding hydrogens is 210 g/mol. The Morgan fingerprint density at radius 3 is 2.33 bits per heavy atom. The van der Waals surface area contributed by atoms with Crippen molar-refractivity contribution in [1.82, 2.24) is 4.72 Å². The summed E-state index contributed by atoms with van der Waals surface area (Å²) in [5.41, 5.74) is 1.34. The van der Waals surface area contributed by atoms with Crippen LogP contribution in [0.1, 0.15) is 12.5 Å². The van der Waals surface area contributed by atoms with Gasteiger partial charge in [-0.05, 0) is 24.6 Å². The molecular formula is C11H11NO2S. The van der Waals surface area contributed by atoms with Crippen LogP contribution in [0, 0.1) is 0 Å². The van der Waals surface area contributed by atoms with Crippen LogP contribution in [0.4, 0.5) is 0 Å². The maximum absolute atomic E-state index is 11.8. The minimum atomic E-state index is -3.38. The molecule has 0 aliphatic carbocycles. The Hall–Kier alpha value is -1.55. The van der Waals surface area contributed by atoms with Crippen molar-refractivity contribution in [1.29, 1.82) is 0 Å². The van der Waals surface area contributed by atoms with Crippen molar-refractivity contribution in [2.45, 2.75) is 6.92 Å². The molecule has 1 aliphatic rings. The summed E-state index contributed by atoms with van der Waals surface area (Å²) >= 11 is 0. The fourth-order valence-corrected chi connectivity index (χ4v) is 2.74. The van der Waals surface area contributed by atoms with Crippen LogP contribution in [0.5, 0.6) is 0 Å². The first kappa shape index (κ1) is 9.98. The lowest BCUT2D eigenvalue weighted by Gasteiger charge is -2.15. The van der Waals surface area contributed by atoms with Crippen molar-refractivity contribution in [2.24, 2.45) is 0 Å². The molecule has 3 nitrogen and oxygen atoms in total. The average Bonchev–Trinajstić information content (AvgIpc) is 2.17. The predicted octanol–water partition coefficient (Wildman–Crippen LogP) is 1.86. The third kappa shape index (κ3) is 1.94. The van der Waals surface area contributed by atoms with Crippen molar-refractivity contribution >= 4 is 14.9 Å². The number of hydrogen-bond acceptors (Lipinski definition) is 2. The SMILES string of the molecule is CC1=CC=C(c2ccccc2)S(=O)(=O)N1. The lowest BCUT2D eigenvalue weighted by molar-refractivity contribution is 0.598. The smallest absolute Gasteiger partial charge is 0.262 e. The number of rotatable bonds is 1. The number of hydrogen-bond donors (Lipinski definition) is 1. The van der Waals surface area contributed by atoms with Gasteiger partial charge in [0.2, 0.25) is 0 Å². The highest BCUT2D eigenvalue weighted by Gasteiger charge is 2.21. The maximum Gasteiger partial charge on any atom is 0.262 e. The lowest BCUT2D eigenvalue weighted by atomic mass is 10.2. The highest BCUT2D eigenvalue weighted by Crippen LogP contribution is 2.23. The molecule has 0 radical (unpaired) electrons. The molecule has 0 atom stereocenters. The Morgan fingerprint density at radius 1 is 1.07 bits per heavy atom. The van der Waals surface area contributed by atoms with E-state index in [1.807, 2.05) is 18.2 Å². The maximum atomic E-state index is 11.8. The Morgan fingerprint density at radius 2 is 1.73 bits per heavy atom. The van der Waals surface area contributed by atoms with E-state index >= 15 is 0 Å². The third-order valence-electron chi connectivity index (χ3n) is 2.13. The molecule has 0 aromatic heterocycles. The molecule has 15 heavy (non-hydrogen) atoms. The quantitative estimate of drug-likeness (QED) is 0.786. The fraction of sp³-hybridized carbons (Fsp3) is 0.0909. The summed E-state index contributed by atoms with van der Waals surface area (Å²) in [5.74, 6) is 0. The van der Waals surface area contributed by atoms with E-state index in [1.165, 1.54) is 0 Å². The van der Waals surface area contributed by atoms with Gasteiger partial charge in [0, 0.05) is 5.70 Å². The number of benzene rings is 1. The fourth-order valence-electron chi connectivity index (χ4n) is 1.44. The van der Waals surface area contributed by atoms with Gasteiger partial charge in [0.15, 0.2) is 0 Å². The first-order chi connectivity index (χ1) is 7.09. The van der Waals surface area contributed by atoms with Crippen LogP contribution in [-0.4, -0.2) is 8.42 Å². The Bertz CT molecular complexity index is 527. The van der Waals surface area contributed by atoms with Crippen LogP contribution >= 0.6 is 0 Å². The van der Waals surface area contributed by atoms with Crippen molar-refractivity contribution in [3.8, 4) is 0 Å². The van der Waals surface area contributed by atoms with Gasteiger partial charge >= 0.3 is 0 Å². The van der Waals surface area contributed by atoms with Gasteiger partial charge < -0.3 is 0 Å². The van der Waals surface area contributed by atoms with E-state index in [-0.39, 0.29) is 0 Å². The van der Waals surface area contributed by atoms with E-state index < -0.39 is 10.0 Å². The zero-order valence-corrected chi connectivity index (χ0v) is 9.08. The first-order valence-corrected chi connectivity index (χ1v) is 6.05. The van der Waals surface area contributed by atoms with Crippen LogP contribution in [0.2, 0.25) is 0 Å². The standard InChI is InChI=1S/C11H11NO2S/c1-9-7-8-11(15(13,14)12-9)10-5-3-2-4-6-10/h2-8,12H,1H3. The molecule has 0 amide bonds. The average molecular weight is 221 g/mol. The lowest BCUT2D eigenvalue weighted by Crippen LogP contribution is -2.24. The largest absolute Gasteiger partial charge is 0.284 e. The number of nitrogens with one attached hydrogen (secondary N) is 1. The molecule has 0 spiro atoms. The van der Waals surface area contributed by atoms with Gasteiger partial charge in [-0.25, -0.2) is 8.42 Å². The molecule has 4 heteroatoms. The molecule has 2 rings (SSSR count). The summed E-state index contributed by atoms with van der Waals surface area (Å²) in [7, 11) is -3.38. The summed E-state index contributed by atoms with van der Waals surface area (Å²) in [5, 5.41) is 0. The summed E-state index contributed by atoms with van der Waals surface area (Å²) in [6, 6.07) is 9.04. The van der Waals surface area contributed by atoms with Gasteiger partial charge in [-0.2, -0.15) is 0 Å².